The monoisotopic (exact) mass is 208 g/mol. The molecule has 1 aliphatic rings. The standard InChI is InChI=1S/C13H20S/c1-11-6-7-13(10-12(11)2)14(3)8-4-5-9-14/h6-7,10H,4-5,8-9H2,1-3H3. The van der Waals surface area contributed by atoms with E-state index < -0.39 is 10.0 Å². The lowest BCUT2D eigenvalue weighted by Gasteiger charge is -2.31. The van der Waals surface area contributed by atoms with E-state index in [0.29, 0.717) is 0 Å². The third-order valence-electron chi connectivity index (χ3n) is 3.49. The molecule has 1 fully saturated rings. The Hall–Kier alpha value is -0.430. The Morgan fingerprint density at radius 2 is 1.64 bits per heavy atom. The molecule has 1 saturated heterocycles. The second-order valence-electron chi connectivity index (χ2n) is 4.64. The Bertz CT molecular complexity index is 335. The van der Waals surface area contributed by atoms with Crippen LogP contribution < -0.4 is 0 Å². The summed E-state index contributed by atoms with van der Waals surface area (Å²) >= 11 is 0. The molecule has 1 heteroatoms. The van der Waals surface area contributed by atoms with Gasteiger partial charge in [0.25, 0.3) is 0 Å². The maximum atomic E-state index is 2.50. The van der Waals surface area contributed by atoms with E-state index in [1.165, 1.54) is 35.5 Å². The van der Waals surface area contributed by atoms with E-state index in [9.17, 15) is 0 Å². The Balaban J connectivity index is 2.36. The summed E-state index contributed by atoms with van der Waals surface area (Å²) in [5.41, 5.74) is 2.89. The minimum Gasteiger partial charge on any atom is -0.217 e. The van der Waals surface area contributed by atoms with Crippen LogP contribution >= 0.6 is 10.0 Å². The molecule has 0 aliphatic carbocycles. The summed E-state index contributed by atoms with van der Waals surface area (Å²) in [6.45, 7) is 4.43. The predicted molar refractivity (Wildman–Crippen MR) is 66.7 cm³/mol. The van der Waals surface area contributed by atoms with Crippen LogP contribution in [0.25, 0.3) is 0 Å². The molecule has 0 bridgehead atoms. The van der Waals surface area contributed by atoms with Crippen LogP contribution in [0.4, 0.5) is 0 Å². The maximum Gasteiger partial charge on any atom is -0.00986 e. The summed E-state index contributed by atoms with van der Waals surface area (Å²) in [5, 5.41) is 0. The van der Waals surface area contributed by atoms with E-state index in [1.807, 2.05) is 0 Å². The topological polar surface area (TPSA) is 0 Å². The quantitative estimate of drug-likeness (QED) is 0.657. The summed E-state index contributed by atoms with van der Waals surface area (Å²) in [6.07, 6.45) is 5.39. The second kappa shape index (κ2) is 3.62. The highest BCUT2D eigenvalue weighted by Crippen LogP contribution is 2.57. The van der Waals surface area contributed by atoms with Crippen molar-refractivity contribution in [3.05, 3.63) is 29.3 Å². The normalized spacial score (nSPS) is 22.2. The smallest absolute Gasteiger partial charge is 0.00986 e. The summed E-state index contributed by atoms with van der Waals surface area (Å²) < 4.78 is 0. The molecule has 1 aliphatic heterocycles. The SMILES string of the molecule is Cc1ccc(S2(C)CCCC2)cc1C. The van der Waals surface area contributed by atoms with Crippen LogP contribution in [-0.2, 0) is 0 Å². The minimum absolute atomic E-state index is 0.422. The van der Waals surface area contributed by atoms with Crippen LogP contribution in [0.3, 0.4) is 0 Å². The van der Waals surface area contributed by atoms with E-state index in [4.69, 9.17) is 0 Å². The maximum absolute atomic E-state index is 2.50. The van der Waals surface area contributed by atoms with Crippen LogP contribution in [0.1, 0.15) is 24.0 Å². The Morgan fingerprint density at radius 3 is 2.21 bits per heavy atom. The molecular formula is C13H20S. The highest BCUT2D eigenvalue weighted by Gasteiger charge is 2.25. The van der Waals surface area contributed by atoms with Gasteiger partial charge in [0.05, 0.1) is 0 Å². The molecule has 78 valence electrons. The average molecular weight is 208 g/mol. The Labute approximate surface area is 89.0 Å². The predicted octanol–water partition coefficient (Wildman–Crippen LogP) is 3.89. The zero-order valence-corrected chi connectivity index (χ0v) is 10.3. The molecule has 1 heterocycles. The van der Waals surface area contributed by atoms with Crippen molar-refractivity contribution in [1.29, 1.82) is 0 Å². The largest absolute Gasteiger partial charge is 0.217 e. The van der Waals surface area contributed by atoms with Crippen molar-refractivity contribution >= 4 is 10.0 Å². The molecule has 0 atom stereocenters. The van der Waals surface area contributed by atoms with E-state index in [-0.39, 0.29) is 0 Å². The molecule has 1 aromatic rings. The van der Waals surface area contributed by atoms with Crippen LogP contribution in [-0.4, -0.2) is 17.8 Å². The zero-order chi connectivity index (χ0) is 10.2. The third kappa shape index (κ3) is 1.70. The number of aryl methyl sites for hydroxylation is 2. The first-order valence-electron chi connectivity index (χ1n) is 5.43. The first kappa shape index (κ1) is 10.1. The molecule has 14 heavy (non-hydrogen) atoms. The van der Waals surface area contributed by atoms with Crippen molar-refractivity contribution < 1.29 is 0 Å². The van der Waals surface area contributed by atoms with Crippen molar-refractivity contribution in [2.75, 3.05) is 17.8 Å². The fraction of sp³-hybridized carbons (Fsp3) is 0.538. The van der Waals surface area contributed by atoms with Crippen LogP contribution in [0, 0.1) is 13.8 Å². The highest BCUT2D eigenvalue weighted by atomic mass is 32.3. The summed E-state index contributed by atoms with van der Waals surface area (Å²) in [6, 6.07) is 7.08. The second-order valence-corrected chi connectivity index (χ2v) is 8.47. The fourth-order valence-corrected chi connectivity index (χ4v) is 5.42. The molecular weight excluding hydrogens is 188 g/mol. The molecule has 1 aromatic carbocycles. The molecule has 0 saturated carbocycles. The van der Waals surface area contributed by atoms with Gasteiger partial charge in [0.15, 0.2) is 0 Å². The Kier molecular flexibility index (Phi) is 2.61. The van der Waals surface area contributed by atoms with Gasteiger partial charge in [-0.15, -0.1) is 0 Å². The van der Waals surface area contributed by atoms with Crippen molar-refractivity contribution in [3.8, 4) is 0 Å². The van der Waals surface area contributed by atoms with Crippen molar-refractivity contribution in [1.82, 2.24) is 0 Å². The first-order valence-corrected chi connectivity index (χ1v) is 7.81. The first-order chi connectivity index (χ1) is 6.62. The van der Waals surface area contributed by atoms with Gasteiger partial charge in [0.2, 0.25) is 0 Å². The molecule has 2 rings (SSSR count). The van der Waals surface area contributed by atoms with Gasteiger partial charge in [-0.1, -0.05) is 6.07 Å². The van der Waals surface area contributed by atoms with Gasteiger partial charge < -0.3 is 0 Å². The number of benzene rings is 1. The van der Waals surface area contributed by atoms with Crippen molar-refractivity contribution in [2.45, 2.75) is 31.6 Å². The average Bonchev–Trinajstić information content (AvgIpc) is 2.58. The van der Waals surface area contributed by atoms with E-state index in [2.05, 4.69) is 38.3 Å². The number of hydrogen-bond donors (Lipinski definition) is 0. The van der Waals surface area contributed by atoms with Crippen LogP contribution in [0.15, 0.2) is 23.1 Å². The molecule has 0 aromatic heterocycles. The van der Waals surface area contributed by atoms with Gasteiger partial charge in [-0.3, -0.25) is 0 Å². The molecule has 0 N–H and O–H groups in total. The van der Waals surface area contributed by atoms with Gasteiger partial charge in [-0.2, -0.15) is 0 Å². The third-order valence-corrected chi connectivity index (χ3v) is 7.26. The lowest BCUT2D eigenvalue weighted by Crippen LogP contribution is -2.00. The number of hydrogen-bond acceptors (Lipinski definition) is 0. The molecule has 0 radical (unpaired) electrons. The molecule has 0 nitrogen and oxygen atoms in total. The number of rotatable bonds is 1. The lowest BCUT2D eigenvalue weighted by atomic mass is 10.1. The van der Waals surface area contributed by atoms with Crippen LogP contribution in [0.2, 0.25) is 0 Å². The van der Waals surface area contributed by atoms with Gasteiger partial charge in [0, 0.05) is 0 Å². The molecule has 0 amide bonds. The Morgan fingerprint density at radius 1 is 1.00 bits per heavy atom. The van der Waals surface area contributed by atoms with E-state index >= 15 is 0 Å². The van der Waals surface area contributed by atoms with E-state index in [1.54, 1.807) is 4.90 Å². The minimum atomic E-state index is -0.422. The fourth-order valence-electron chi connectivity index (χ4n) is 2.20. The zero-order valence-electron chi connectivity index (χ0n) is 9.47. The van der Waals surface area contributed by atoms with Gasteiger partial charge in [-0.05, 0) is 72.6 Å². The van der Waals surface area contributed by atoms with E-state index in [0.717, 1.165) is 0 Å². The summed E-state index contributed by atoms with van der Waals surface area (Å²) in [5.74, 6) is 2.91. The van der Waals surface area contributed by atoms with Gasteiger partial charge in [-0.25, -0.2) is 10.0 Å². The molecule has 0 spiro atoms. The summed E-state index contributed by atoms with van der Waals surface area (Å²) in [7, 11) is -0.422. The van der Waals surface area contributed by atoms with Gasteiger partial charge >= 0.3 is 0 Å². The lowest BCUT2D eigenvalue weighted by molar-refractivity contribution is 0.949. The highest BCUT2D eigenvalue weighted by molar-refractivity contribution is 8.33. The van der Waals surface area contributed by atoms with Gasteiger partial charge in [0.1, 0.15) is 0 Å². The van der Waals surface area contributed by atoms with Crippen LogP contribution in [0.5, 0.6) is 0 Å². The molecule has 0 unspecified atom stereocenters. The summed E-state index contributed by atoms with van der Waals surface area (Å²) in [4.78, 5) is 1.64. The van der Waals surface area contributed by atoms with Crippen molar-refractivity contribution in [3.63, 3.8) is 0 Å². The van der Waals surface area contributed by atoms with Crippen molar-refractivity contribution in [2.24, 2.45) is 0 Å².